The molecule has 0 amide bonds. The molecule has 0 fully saturated rings. The molecule has 3 N–H and O–H groups in total. The van der Waals surface area contributed by atoms with Gasteiger partial charge >= 0.3 is 39.5 Å². The minimum atomic E-state index is -4.96. The fourth-order valence-electron chi connectivity index (χ4n) is 11.9. The van der Waals surface area contributed by atoms with Gasteiger partial charge in [-0.2, -0.15) is 0 Å². The summed E-state index contributed by atoms with van der Waals surface area (Å²) in [5.41, 5.74) is 0. The molecule has 0 spiro atoms. The standard InChI is InChI=1S/C78H152O17P2/c1-9-71(8)57-49-41-33-25-18-16-14-12-10-11-13-15-17-19-26-34-42-50-58-75(80)88-64-73(94-77(82)60-52-44-35-27-21-20-23-30-38-46-54-68(2)3)66-92-96(84,85)90-62-72(79)63-91-97(86,87)93-67-74(65-89-76(81)59-51-43-37-29-32-40-48-56-70(6)7)95-78(83)61-53-45-36-28-22-24-31-39-47-55-69(4)5/h68-74,79H,9-67H2,1-8H3,(H,84,85)(H,86,87)/t71?,72?,73-,74-/m1/s1. The summed E-state index contributed by atoms with van der Waals surface area (Å²) in [6, 6.07) is 0. The molecule has 0 aliphatic rings. The number of phosphoric acid groups is 2. The number of esters is 4. The molecule has 0 aromatic heterocycles. The van der Waals surface area contributed by atoms with E-state index in [0.29, 0.717) is 31.6 Å². The molecule has 0 saturated heterocycles. The van der Waals surface area contributed by atoms with Gasteiger partial charge in [-0.3, -0.25) is 37.3 Å². The van der Waals surface area contributed by atoms with Crippen molar-refractivity contribution in [3.8, 4) is 0 Å². The summed E-state index contributed by atoms with van der Waals surface area (Å²) < 4.78 is 68.5. The number of carbonyl (C=O) groups excluding carboxylic acids is 4. The number of unbranched alkanes of at least 4 members (excludes halogenated alkanes) is 40. The molecule has 0 radical (unpaired) electrons. The Morgan fingerprint density at radius 1 is 0.289 bits per heavy atom. The molecule has 97 heavy (non-hydrogen) atoms. The number of ether oxygens (including phenoxy) is 4. The van der Waals surface area contributed by atoms with E-state index in [0.717, 1.165) is 114 Å². The van der Waals surface area contributed by atoms with E-state index in [9.17, 15) is 43.2 Å². The summed E-state index contributed by atoms with van der Waals surface area (Å²) >= 11 is 0. The van der Waals surface area contributed by atoms with Crippen molar-refractivity contribution in [2.45, 2.75) is 414 Å². The van der Waals surface area contributed by atoms with Crippen LogP contribution in [0.1, 0.15) is 396 Å². The maximum atomic E-state index is 13.1. The number of aliphatic hydroxyl groups is 1. The second kappa shape index (κ2) is 67.2. The third-order valence-electron chi connectivity index (χ3n) is 18.4. The number of phosphoric ester groups is 2. The molecule has 0 aliphatic carbocycles. The van der Waals surface area contributed by atoms with E-state index in [1.165, 1.54) is 193 Å². The van der Waals surface area contributed by atoms with Crippen LogP contribution in [0.5, 0.6) is 0 Å². The highest BCUT2D eigenvalue weighted by Crippen LogP contribution is 2.45. The van der Waals surface area contributed by atoms with Crippen LogP contribution in [0.4, 0.5) is 0 Å². The fourth-order valence-corrected chi connectivity index (χ4v) is 13.5. The Morgan fingerprint density at radius 2 is 0.495 bits per heavy atom. The highest BCUT2D eigenvalue weighted by Gasteiger charge is 2.30. The summed E-state index contributed by atoms with van der Waals surface area (Å²) in [6.45, 7) is 14.2. The molecule has 4 unspecified atom stereocenters. The van der Waals surface area contributed by atoms with E-state index < -0.39 is 97.5 Å². The molecule has 0 aliphatic heterocycles. The van der Waals surface area contributed by atoms with Gasteiger partial charge in [0.15, 0.2) is 12.2 Å². The summed E-state index contributed by atoms with van der Waals surface area (Å²) in [5.74, 6) is 0.946. The van der Waals surface area contributed by atoms with Crippen molar-refractivity contribution in [2.75, 3.05) is 39.6 Å². The van der Waals surface area contributed by atoms with Crippen LogP contribution in [0.25, 0.3) is 0 Å². The van der Waals surface area contributed by atoms with E-state index in [1.807, 2.05) is 0 Å². The number of carbonyl (C=O) groups is 4. The van der Waals surface area contributed by atoms with Gasteiger partial charge in [0.25, 0.3) is 0 Å². The van der Waals surface area contributed by atoms with Gasteiger partial charge in [0.1, 0.15) is 19.3 Å². The van der Waals surface area contributed by atoms with E-state index in [4.69, 9.17) is 37.0 Å². The molecule has 6 atom stereocenters. The summed E-state index contributed by atoms with van der Waals surface area (Å²) in [4.78, 5) is 72.8. The maximum absolute atomic E-state index is 13.1. The average molecular weight is 1420 g/mol. The van der Waals surface area contributed by atoms with Crippen LogP contribution in [0, 0.1) is 23.7 Å². The molecule has 0 heterocycles. The number of hydrogen-bond acceptors (Lipinski definition) is 15. The van der Waals surface area contributed by atoms with E-state index in [1.54, 1.807) is 0 Å². The van der Waals surface area contributed by atoms with Crippen molar-refractivity contribution in [1.29, 1.82) is 0 Å². The SMILES string of the molecule is CCC(C)CCCCCCCCCCCCCCCCCCCCC(=O)OC[C@H](COP(=O)(O)OCC(O)COP(=O)(O)OC[C@@H](COC(=O)CCCCCCCCCC(C)C)OC(=O)CCCCCCCCCCCC(C)C)OC(=O)CCCCCCCCCCCCC(C)C. The Bertz CT molecular complexity index is 1900. The normalized spacial score (nSPS) is 14.4. The highest BCUT2D eigenvalue weighted by molar-refractivity contribution is 7.47. The minimum Gasteiger partial charge on any atom is -0.462 e. The molecule has 0 bridgehead atoms. The van der Waals surface area contributed by atoms with Crippen molar-refractivity contribution < 1.29 is 80.2 Å². The van der Waals surface area contributed by atoms with E-state index in [2.05, 4.69) is 55.4 Å². The first kappa shape index (κ1) is 95.1. The van der Waals surface area contributed by atoms with Gasteiger partial charge in [-0.25, -0.2) is 9.13 Å². The van der Waals surface area contributed by atoms with Gasteiger partial charge in [0.05, 0.1) is 26.4 Å². The van der Waals surface area contributed by atoms with Gasteiger partial charge in [-0.1, -0.05) is 344 Å². The second-order valence-corrected chi connectivity index (χ2v) is 32.7. The minimum absolute atomic E-state index is 0.104. The first-order valence-corrected chi connectivity index (χ1v) is 43.2. The van der Waals surface area contributed by atoms with E-state index >= 15 is 0 Å². The third kappa shape index (κ3) is 70.9. The highest BCUT2D eigenvalue weighted by atomic mass is 31.2. The quantitative estimate of drug-likeness (QED) is 0.0222. The Labute approximate surface area is 594 Å². The van der Waals surface area contributed by atoms with Crippen LogP contribution < -0.4 is 0 Å². The Kier molecular flexibility index (Phi) is 65.9. The molecular formula is C78H152O17P2. The van der Waals surface area contributed by atoms with Gasteiger partial charge in [0, 0.05) is 25.7 Å². The molecule has 19 heteroatoms. The topological polar surface area (TPSA) is 237 Å². The van der Waals surface area contributed by atoms with Gasteiger partial charge < -0.3 is 33.8 Å². The average Bonchev–Trinajstić information content (AvgIpc) is 2.46. The van der Waals surface area contributed by atoms with Crippen molar-refractivity contribution in [3.63, 3.8) is 0 Å². The van der Waals surface area contributed by atoms with Crippen molar-refractivity contribution in [3.05, 3.63) is 0 Å². The lowest BCUT2D eigenvalue weighted by atomic mass is 9.99. The summed E-state index contributed by atoms with van der Waals surface area (Å²) in [7, 11) is -9.91. The van der Waals surface area contributed by atoms with Crippen molar-refractivity contribution >= 4 is 39.5 Å². The lowest BCUT2D eigenvalue weighted by Gasteiger charge is -2.21. The lowest BCUT2D eigenvalue weighted by molar-refractivity contribution is -0.161. The molecule has 0 saturated carbocycles. The van der Waals surface area contributed by atoms with Crippen molar-refractivity contribution in [1.82, 2.24) is 0 Å². The summed E-state index contributed by atoms with van der Waals surface area (Å²) in [5, 5.41) is 10.6. The number of aliphatic hydroxyl groups excluding tert-OH is 1. The Balaban J connectivity index is 5.17. The zero-order chi connectivity index (χ0) is 71.7. The largest absolute Gasteiger partial charge is 0.472 e. The zero-order valence-corrected chi connectivity index (χ0v) is 65.5. The first-order chi connectivity index (χ1) is 46.6. The van der Waals surface area contributed by atoms with Crippen LogP contribution in [-0.4, -0.2) is 96.7 Å². The zero-order valence-electron chi connectivity index (χ0n) is 63.7. The molecule has 576 valence electrons. The van der Waals surface area contributed by atoms with Crippen molar-refractivity contribution in [2.24, 2.45) is 23.7 Å². The van der Waals surface area contributed by atoms with Crippen LogP contribution >= 0.6 is 15.6 Å². The summed E-state index contributed by atoms with van der Waals surface area (Å²) in [6.07, 6.45) is 52.9. The number of rotatable bonds is 75. The Hall–Kier alpha value is -1.94. The predicted octanol–water partition coefficient (Wildman–Crippen LogP) is 22.8. The van der Waals surface area contributed by atoms with Gasteiger partial charge in [-0.05, 0) is 49.4 Å². The van der Waals surface area contributed by atoms with Crippen LogP contribution in [-0.2, 0) is 65.4 Å². The smallest absolute Gasteiger partial charge is 0.462 e. The maximum Gasteiger partial charge on any atom is 0.472 e. The van der Waals surface area contributed by atoms with Crippen LogP contribution in [0.2, 0.25) is 0 Å². The third-order valence-corrected chi connectivity index (χ3v) is 20.3. The van der Waals surface area contributed by atoms with Gasteiger partial charge in [-0.15, -0.1) is 0 Å². The molecule has 17 nitrogen and oxygen atoms in total. The molecule has 0 rings (SSSR count). The van der Waals surface area contributed by atoms with Gasteiger partial charge in [0.2, 0.25) is 0 Å². The molecule has 0 aromatic rings. The second-order valence-electron chi connectivity index (χ2n) is 29.8. The van der Waals surface area contributed by atoms with E-state index in [-0.39, 0.29) is 25.7 Å². The van der Waals surface area contributed by atoms with Crippen LogP contribution in [0.15, 0.2) is 0 Å². The number of hydrogen-bond donors (Lipinski definition) is 3. The monoisotopic (exact) mass is 1420 g/mol. The molecular weight excluding hydrogens is 1270 g/mol. The first-order valence-electron chi connectivity index (χ1n) is 40.2. The predicted molar refractivity (Wildman–Crippen MR) is 395 cm³/mol. The van der Waals surface area contributed by atoms with Crippen LogP contribution in [0.3, 0.4) is 0 Å². The Morgan fingerprint density at radius 3 is 0.732 bits per heavy atom. The fraction of sp³-hybridized carbons (Fsp3) is 0.949. The lowest BCUT2D eigenvalue weighted by Crippen LogP contribution is -2.30. The molecule has 0 aromatic carbocycles.